The number of hydrogen-bond acceptors (Lipinski definition) is 8. The Hall–Kier alpha value is -4.11. The molecule has 0 amide bonds. The Kier molecular flexibility index (Phi) is 6.47. The molecule has 3 heterocycles. The largest absolute Gasteiger partial charge is 0.492 e. The smallest absolute Gasteiger partial charge is 0.280 e. The van der Waals surface area contributed by atoms with Gasteiger partial charge in [-0.2, -0.15) is 4.98 Å². The van der Waals surface area contributed by atoms with E-state index in [-0.39, 0.29) is 5.56 Å². The molecule has 5 rings (SSSR count). The molecule has 0 atom stereocenters. The van der Waals surface area contributed by atoms with E-state index in [0.29, 0.717) is 36.1 Å². The number of pyridine rings is 1. The fourth-order valence-corrected chi connectivity index (χ4v) is 4.44. The van der Waals surface area contributed by atoms with Crippen LogP contribution in [0.15, 0.2) is 59.5 Å². The third-order valence-corrected chi connectivity index (χ3v) is 6.32. The van der Waals surface area contributed by atoms with Crippen LogP contribution in [0.4, 0.5) is 23.0 Å². The number of anilines is 4. The molecule has 0 bridgehead atoms. The highest BCUT2D eigenvalue weighted by Gasteiger charge is 2.24. The zero-order valence-corrected chi connectivity index (χ0v) is 21.1. The van der Waals surface area contributed by atoms with Crippen molar-refractivity contribution in [1.29, 1.82) is 0 Å². The Morgan fingerprint density at radius 1 is 1.14 bits per heavy atom. The van der Waals surface area contributed by atoms with Crippen LogP contribution in [0.1, 0.15) is 5.56 Å². The van der Waals surface area contributed by atoms with Crippen LogP contribution in [0.5, 0.6) is 5.75 Å². The molecule has 1 aliphatic heterocycles. The number of fused-ring (bicyclic) bond motifs is 2. The van der Waals surface area contributed by atoms with Gasteiger partial charge >= 0.3 is 0 Å². The van der Waals surface area contributed by atoms with Crippen molar-refractivity contribution in [3.05, 3.63) is 70.6 Å². The monoisotopic (exact) mass is 485 g/mol. The molecule has 0 spiro atoms. The number of hydrogen-bond donors (Lipinski definition) is 2. The molecular weight excluding hydrogens is 454 g/mol. The summed E-state index contributed by atoms with van der Waals surface area (Å²) in [4.78, 5) is 27.3. The first-order chi connectivity index (χ1) is 17.5. The lowest BCUT2D eigenvalue weighted by Gasteiger charge is -2.33. The second-order valence-corrected chi connectivity index (χ2v) is 9.09. The summed E-state index contributed by atoms with van der Waals surface area (Å²) in [5, 5.41) is 7.23. The van der Waals surface area contributed by atoms with E-state index in [4.69, 9.17) is 4.74 Å². The number of benzene rings is 2. The van der Waals surface area contributed by atoms with Crippen LogP contribution in [0.3, 0.4) is 0 Å². The Morgan fingerprint density at radius 3 is 2.69 bits per heavy atom. The molecule has 9 heteroatoms. The minimum absolute atomic E-state index is 0.140. The van der Waals surface area contributed by atoms with Crippen LogP contribution in [0.2, 0.25) is 0 Å². The topological polar surface area (TPSA) is 87.5 Å². The van der Waals surface area contributed by atoms with Gasteiger partial charge in [0.15, 0.2) is 5.65 Å². The van der Waals surface area contributed by atoms with E-state index in [1.807, 2.05) is 56.6 Å². The van der Waals surface area contributed by atoms with Gasteiger partial charge in [-0.3, -0.25) is 9.36 Å². The highest BCUT2D eigenvalue weighted by Crippen LogP contribution is 2.36. The number of ether oxygens (including phenoxy) is 1. The number of rotatable bonds is 7. The molecule has 36 heavy (non-hydrogen) atoms. The fraction of sp³-hybridized carbons (Fsp3) is 0.296. The molecule has 4 aromatic rings. The summed E-state index contributed by atoms with van der Waals surface area (Å²) in [7, 11) is 5.78. The molecule has 2 N–H and O–H groups in total. The van der Waals surface area contributed by atoms with Crippen LogP contribution >= 0.6 is 0 Å². The predicted molar refractivity (Wildman–Crippen MR) is 145 cm³/mol. The third kappa shape index (κ3) is 4.45. The highest BCUT2D eigenvalue weighted by atomic mass is 16.5. The summed E-state index contributed by atoms with van der Waals surface area (Å²) in [6.07, 6.45) is 1.76. The second kappa shape index (κ2) is 9.87. The van der Waals surface area contributed by atoms with E-state index >= 15 is 0 Å². The Balaban J connectivity index is 1.64. The molecular formula is C27H31N7O2. The van der Waals surface area contributed by atoms with E-state index in [9.17, 15) is 4.79 Å². The van der Waals surface area contributed by atoms with Crippen LogP contribution in [-0.2, 0) is 0 Å². The summed E-state index contributed by atoms with van der Waals surface area (Å²) < 4.78 is 7.51. The van der Waals surface area contributed by atoms with Gasteiger partial charge in [0.05, 0.1) is 17.1 Å². The van der Waals surface area contributed by atoms with Crippen LogP contribution < -0.4 is 25.8 Å². The lowest BCUT2D eigenvalue weighted by Crippen LogP contribution is -2.35. The normalized spacial score (nSPS) is 13.0. The zero-order valence-electron chi connectivity index (χ0n) is 21.1. The molecule has 0 unspecified atom stereocenters. The van der Waals surface area contributed by atoms with Gasteiger partial charge in [0.1, 0.15) is 18.0 Å². The van der Waals surface area contributed by atoms with Crippen LogP contribution in [-0.4, -0.2) is 66.8 Å². The number of likely N-dealkylation sites (N-methyl/N-ethyl adjacent to an activating group) is 1. The molecule has 0 fully saturated rings. The lowest BCUT2D eigenvalue weighted by molar-refractivity contribution is 0.261. The summed E-state index contributed by atoms with van der Waals surface area (Å²) in [5.41, 5.74) is 4.89. The van der Waals surface area contributed by atoms with Crippen molar-refractivity contribution >= 4 is 34.0 Å². The van der Waals surface area contributed by atoms with Gasteiger partial charge in [-0.15, -0.1) is 0 Å². The van der Waals surface area contributed by atoms with Crippen molar-refractivity contribution in [3.8, 4) is 11.4 Å². The van der Waals surface area contributed by atoms with Gasteiger partial charge < -0.3 is 25.2 Å². The van der Waals surface area contributed by atoms with Gasteiger partial charge in [-0.25, -0.2) is 4.98 Å². The standard InChI is InChI=1S/C27H31N7O2/c1-18-6-5-7-22-24(18)29-12-13-33(22)23-16-19-17-30-27(28-2)31-25(19)34(26(23)35)20-8-10-21(11-9-20)36-15-14-32(3)4/h5-11,16-17,29H,12-15H2,1-4H3,(H,28,30,31). The van der Waals surface area contributed by atoms with Gasteiger partial charge in [0.2, 0.25) is 5.95 Å². The number of para-hydroxylation sites is 1. The first kappa shape index (κ1) is 23.6. The van der Waals surface area contributed by atoms with Gasteiger partial charge in [0.25, 0.3) is 5.56 Å². The van der Waals surface area contributed by atoms with E-state index < -0.39 is 0 Å². The van der Waals surface area contributed by atoms with Crippen molar-refractivity contribution in [2.24, 2.45) is 0 Å². The van der Waals surface area contributed by atoms with Crippen molar-refractivity contribution in [2.45, 2.75) is 6.92 Å². The maximum Gasteiger partial charge on any atom is 0.280 e. The van der Waals surface area contributed by atoms with Gasteiger partial charge in [0, 0.05) is 38.3 Å². The molecule has 0 saturated carbocycles. The quantitative estimate of drug-likeness (QED) is 0.410. The molecule has 0 saturated heterocycles. The SMILES string of the molecule is CNc1ncc2cc(N3CCNc4c(C)cccc43)c(=O)n(-c3ccc(OCCN(C)C)cc3)c2n1. The maximum absolute atomic E-state index is 14.1. The Labute approximate surface area is 210 Å². The third-order valence-electron chi connectivity index (χ3n) is 6.32. The second-order valence-electron chi connectivity index (χ2n) is 9.09. The van der Waals surface area contributed by atoms with Gasteiger partial charge in [-0.05, 0) is 63.0 Å². The number of nitrogens with one attached hydrogen (secondary N) is 2. The molecule has 2 aromatic carbocycles. The summed E-state index contributed by atoms with van der Waals surface area (Å²) in [5.74, 6) is 1.21. The van der Waals surface area contributed by atoms with Crippen molar-refractivity contribution in [2.75, 3.05) is 62.9 Å². The molecule has 186 valence electrons. The fourth-order valence-electron chi connectivity index (χ4n) is 4.44. The predicted octanol–water partition coefficient (Wildman–Crippen LogP) is 3.63. The lowest BCUT2D eigenvalue weighted by atomic mass is 10.1. The van der Waals surface area contributed by atoms with Crippen molar-refractivity contribution < 1.29 is 4.74 Å². The minimum atomic E-state index is -0.140. The Bertz CT molecular complexity index is 1450. The van der Waals surface area contributed by atoms with Crippen LogP contribution in [0, 0.1) is 6.92 Å². The Morgan fingerprint density at radius 2 is 1.94 bits per heavy atom. The summed E-state index contributed by atoms with van der Waals surface area (Å²) in [6, 6.07) is 15.6. The van der Waals surface area contributed by atoms with Gasteiger partial charge in [-0.1, -0.05) is 12.1 Å². The van der Waals surface area contributed by atoms with E-state index in [0.717, 1.165) is 41.2 Å². The highest BCUT2D eigenvalue weighted by molar-refractivity contribution is 5.86. The first-order valence-electron chi connectivity index (χ1n) is 12.1. The average molecular weight is 486 g/mol. The average Bonchev–Trinajstić information content (AvgIpc) is 2.88. The molecule has 9 nitrogen and oxygen atoms in total. The summed E-state index contributed by atoms with van der Waals surface area (Å²) >= 11 is 0. The molecule has 2 aromatic heterocycles. The number of aryl methyl sites for hydroxylation is 1. The maximum atomic E-state index is 14.1. The number of aromatic nitrogens is 3. The van der Waals surface area contributed by atoms with E-state index in [1.54, 1.807) is 17.8 Å². The zero-order chi connectivity index (χ0) is 25.2. The molecule has 0 aliphatic carbocycles. The van der Waals surface area contributed by atoms with E-state index in [2.05, 4.69) is 43.4 Å². The van der Waals surface area contributed by atoms with Crippen LogP contribution in [0.25, 0.3) is 16.7 Å². The van der Waals surface area contributed by atoms with E-state index in [1.165, 1.54) is 0 Å². The number of nitrogens with zero attached hydrogens (tertiary/aromatic N) is 5. The van der Waals surface area contributed by atoms with Crippen molar-refractivity contribution in [1.82, 2.24) is 19.4 Å². The first-order valence-corrected chi connectivity index (χ1v) is 12.1. The van der Waals surface area contributed by atoms with Crippen molar-refractivity contribution in [3.63, 3.8) is 0 Å². The summed E-state index contributed by atoms with van der Waals surface area (Å²) in [6.45, 7) is 4.90. The minimum Gasteiger partial charge on any atom is -0.492 e. The molecule has 0 radical (unpaired) electrons. The molecule has 1 aliphatic rings.